The topological polar surface area (TPSA) is 75.8 Å². The molecular formula is C22H20F3N5O2. The molecule has 7 nitrogen and oxygen atoms in total. The Balaban J connectivity index is 1.62. The number of nitrogens with zero attached hydrogens (tertiary/aromatic N) is 5. The maximum absolute atomic E-state index is 14.0. The van der Waals surface area contributed by atoms with Crippen LogP contribution in [-0.2, 0) is 0 Å². The molecule has 1 unspecified atom stereocenters. The summed E-state index contributed by atoms with van der Waals surface area (Å²) in [5, 5.41) is 18.9. The van der Waals surface area contributed by atoms with E-state index in [2.05, 4.69) is 15.2 Å². The Bertz CT molecular complexity index is 1290. The summed E-state index contributed by atoms with van der Waals surface area (Å²) in [6.07, 6.45) is -3.54. The quantitative estimate of drug-likeness (QED) is 0.519. The lowest BCUT2D eigenvalue weighted by atomic mass is 10.1. The van der Waals surface area contributed by atoms with Crippen LogP contribution in [0.15, 0.2) is 48.7 Å². The molecule has 0 saturated carbocycles. The van der Waals surface area contributed by atoms with Gasteiger partial charge in [-0.15, -0.1) is 10.2 Å². The van der Waals surface area contributed by atoms with E-state index in [1.807, 2.05) is 18.2 Å². The van der Waals surface area contributed by atoms with E-state index in [0.29, 0.717) is 34.9 Å². The number of ether oxygens (including phenoxy) is 1. The second-order valence-corrected chi connectivity index (χ2v) is 7.82. The average molecular weight is 443 g/mol. The minimum atomic E-state index is -4.50. The van der Waals surface area contributed by atoms with Crippen molar-refractivity contribution in [3.8, 4) is 17.3 Å². The van der Waals surface area contributed by atoms with Crippen molar-refractivity contribution in [1.82, 2.24) is 24.5 Å². The van der Waals surface area contributed by atoms with Gasteiger partial charge >= 0.3 is 6.18 Å². The normalized spacial score (nSPS) is 18.5. The van der Waals surface area contributed by atoms with Gasteiger partial charge in [-0.05, 0) is 30.2 Å². The summed E-state index contributed by atoms with van der Waals surface area (Å²) in [4.78, 5) is 5.89. The largest absolute Gasteiger partial charge is 0.494 e. The molecule has 1 aromatic carbocycles. The van der Waals surface area contributed by atoms with Gasteiger partial charge in [0.15, 0.2) is 11.5 Å². The summed E-state index contributed by atoms with van der Waals surface area (Å²) >= 11 is 0. The predicted molar refractivity (Wildman–Crippen MR) is 111 cm³/mol. The van der Waals surface area contributed by atoms with Crippen LogP contribution in [0.3, 0.4) is 0 Å². The lowest BCUT2D eigenvalue weighted by molar-refractivity contribution is -0.184. The minimum Gasteiger partial charge on any atom is -0.494 e. The number of halogens is 3. The Hall–Kier alpha value is -3.24. The van der Waals surface area contributed by atoms with E-state index in [0.717, 1.165) is 5.39 Å². The second kappa shape index (κ2) is 7.72. The van der Waals surface area contributed by atoms with Crippen molar-refractivity contribution in [3.05, 3.63) is 54.2 Å². The molecule has 32 heavy (non-hydrogen) atoms. The lowest BCUT2D eigenvalue weighted by Crippen LogP contribution is -2.37. The Morgan fingerprint density at radius 1 is 1.12 bits per heavy atom. The van der Waals surface area contributed by atoms with Crippen molar-refractivity contribution in [1.29, 1.82) is 0 Å². The molecule has 0 spiro atoms. The third-order valence-corrected chi connectivity index (χ3v) is 5.74. The van der Waals surface area contributed by atoms with Crippen LogP contribution in [0.2, 0.25) is 0 Å². The fourth-order valence-electron chi connectivity index (χ4n) is 4.26. The third-order valence-electron chi connectivity index (χ3n) is 5.74. The average Bonchev–Trinajstić information content (AvgIpc) is 3.38. The van der Waals surface area contributed by atoms with Crippen molar-refractivity contribution in [3.63, 3.8) is 0 Å². The van der Waals surface area contributed by atoms with Crippen LogP contribution in [-0.4, -0.2) is 62.1 Å². The lowest BCUT2D eigenvalue weighted by Gasteiger charge is -2.29. The number of methoxy groups -OCH3 is 1. The van der Waals surface area contributed by atoms with Gasteiger partial charge in [0.25, 0.3) is 0 Å². The molecule has 1 aliphatic rings. The number of pyridine rings is 2. The predicted octanol–water partition coefficient (Wildman–Crippen LogP) is 3.62. The molecule has 2 atom stereocenters. The molecule has 0 aliphatic carbocycles. The SMILES string of the molecule is COc1cccc2ccc(-c3nnc4ccc(C(N5CC[C@H](O)C5)C(F)(F)F)cn34)nc12. The molecule has 1 fully saturated rings. The number of hydrogen-bond donors (Lipinski definition) is 1. The number of β-amino-alcohol motifs (C(OH)–C–C–N with tert-alkyl or cyclic N) is 1. The van der Waals surface area contributed by atoms with Gasteiger partial charge in [0.1, 0.15) is 23.0 Å². The summed E-state index contributed by atoms with van der Waals surface area (Å²) in [5.41, 5.74) is 1.55. The zero-order valence-corrected chi connectivity index (χ0v) is 17.1. The van der Waals surface area contributed by atoms with E-state index in [1.54, 1.807) is 19.2 Å². The van der Waals surface area contributed by atoms with E-state index in [4.69, 9.17) is 4.74 Å². The number of aromatic nitrogens is 4. The van der Waals surface area contributed by atoms with Gasteiger partial charge in [-0.2, -0.15) is 13.2 Å². The van der Waals surface area contributed by atoms with Crippen LogP contribution >= 0.6 is 0 Å². The number of rotatable bonds is 4. The zero-order chi connectivity index (χ0) is 22.5. The highest BCUT2D eigenvalue weighted by molar-refractivity contribution is 5.86. The van der Waals surface area contributed by atoms with E-state index in [9.17, 15) is 18.3 Å². The van der Waals surface area contributed by atoms with E-state index >= 15 is 0 Å². The molecule has 0 radical (unpaired) electrons. The molecule has 1 saturated heterocycles. The van der Waals surface area contributed by atoms with Gasteiger partial charge in [0.05, 0.1) is 13.2 Å². The summed E-state index contributed by atoms with van der Waals surface area (Å²) in [7, 11) is 1.55. The summed E-state index contributed by atoms with van der Waals surface area (Å²) in [6.45, 7) is 0.147. The van der Waals surface area contributed by atoms with Crippen LogP contribution in [0, 0.1) is 0 Å². The van der Waals surface area contributed by atoms with Crippen molar-refractivity contribution in [2.45, 2.75) is 24.7 Å². The summed E-state index contributed by atoms with van der Waals surface area (Å²) in [5.74, 6) is 0.917. The highest BCUT2D eigenvalue weighted by atomic mass is 19.4. The van der Waals surface area contributed by atoms with Crippen LogP contribution < -0.4 is 4.74 Å². The van der Waals surface area contributed by atoms with Gasteiger partial charge < -0.3 is 9.84 Å². The van der Waals surface area contributed by atoms with Crippen LogP contribution in [0.5, 0.6) is 5.75 Å². The minimum absolute atomic E-state index is 0.0245. The van der Waals surface area contributed by atoms with Crippen LogP contribution in [0.25, 0.3) is 28.1 Å². The Morgan fingerprint density at radius 3 is 2.69 bits per heavy atom. The molecule has 10 heteroatoms. The van der Waals surface area contributed by atoms with Gasteiger partial charge in [0, 0.05) is 24.7 Å². The van der Waals surface area contributed by atoms with Gasteiger partial charge in [-0.1, -0.05) is 24.3 Å². The second-order valence-electron chi connectivity index (χ2n) is 7.82. The standard InChI is InChI=1S/C22H20F3N5O2/c1-32-17-4-2-3-13-5-7-16(26-19(13)17)21-28-27-18-8-6-14(11-30(18)21)20(22(23,24)25)29-10-9-15(31)12-29/h2-8,11,15,20,31H,9-10,12H2,1H3/t15-,20?/m0/s1. The molecule has 4 heterocycles. The Kier molecular flexibility index (Phi) is 4.98. The summed E-state index contributed by atoms with van der Waals surface area (Å²) in [6, 6.07) is 10.2. The smallest absolute Gasteiger partial charge is 0.408 e. The van der Waals surface area contributed by atoms with E-state index in [1.165, 1.54) is 27.6 Å². The first-order valence-electron chi connectivity index (χ1n) is 10.1. The summed E-state index contributed by atoms with van der Waals surface area (Å²) < 4.78 is 48.9. The van der Waals surface area contributed by atoms with Crippen LogP contribution in [0.4, 0.5) is 13.2 Å². The van der Waals surface area contributed by atoms with Gasteiger partial charge in [-0.25, -0.2) is 4.98 Å². The van der Waals surface area contributed by atoms with Crippen molar-refractivity contribution >= 4 is 16.6 Å². The molecule has 1 aliphatic heterocycles. The number of aliphatic hydroxyl groups excluding tert-OH is 1. The third kappa shape index (κ3) is 3.55. The van der Waals surface area contributed by atoms with Crippen molar-refractivity contribution < 1.29 is 23.0 Å². The van der Waals surface area contributed by atoms with Crippen LogP contribution in [0.1, 0.15) is 18.0 Å². The molecule has 0 amide bonds. The molecule has 0 bridgehead atoms. The highest BCUT2D eigenvalue weighted by Crippen LogP contribution is 2.39. The zero-order valence-electron chi connectivity index (χ0n) is 17.1. The molecular weight excluding hydrogens is 423 g/mol. The van der Waals surface area contributed by atoms with Crippen molar-refractivity contribution in [2.24, 2.45) is 0 Å². The Morgan fingerprint density at radius 2 is 1.97 bits per heavy atom. The first kappa shape index (κ1) is 20.7. The number of hydrogen-bond acceptors (Lipinski definition) is 6. The number of aliphatic hydroxyl groups is 1. The first-order chi connectivity index (χ1) is 15.3. The van der Waals surface area contributed by atoms with E-state index in [-0.39, 0.29) is 18.7 Å². The molecule has 5 rings (SSSR count). The van der Waals surface area contributed by atoms with Gasteiger partial charge in [0.2, 0.25) is 0 Å². The van der Waals surface area contributed by atoms with Gasteiger partial charge in [-0.3, -0.25) is 9.30 Å². The molecule has 3 aromatic heterocycles. The molecule has 4 aromatic rings. The monoisotopic (exact) mass is 443 g/mol. The van der Waals surface area contributed by atoms with E-state index < -0.39 is 18.3 Å². The molecule has 1 N–H and O–H groups in total. The van der Waals surface area contributed by atoms with Crippen molar-refractivity contribution in [2.75, 3.05) is 20.2 Å². The molecule has 166 valence electrons. The number of likely N-dealkylation sites (tertiary alicyclic amines) is 1. The maximum Gasteiger partial charge on any atom is 0.408 e. The number of alkyl halides is 3. The number of benzene rings is 1. The number of fused-ring (bicyclic) bond motifs is 2. The maximum atomic E-state index is 14.0. The fraction of sp³-hybridized carbons (Fsp3) is 0.318. The Labute approximate surface area is 181 Å². The number of para-hydroxylation sites is 1. The first-order valence-corrected chi connectivity index (χ1v) is 10.1. The fourth-order valence-corrected chi connectivity index (χ4v) is 4.26. The highest BCUT2D eigenvalue weighted by Gasteiger charge is 2.46.